The lowest BCUT2D eigenvalue weighted by Crippen LogP contribution is -2.15. The first-order valence-corrected chi connectivity index (χ1v) is 11.2. The van der Waals surface area contributed by atoms with E-state index in [-0.39, 0.29) is 11.1 Å². The number of benzene rings is 2. The summed E-state index contributed by atoms with van der Waals surface area (Å²) >= 11 is 0. The average Bonchev–Trinajstić information content (AvgIpc) is 3.17. The van der Waals surface area contributed by atoms with Crippen molar-refractivity contribution in [1.82, 2.24) is 9.78 Å². The molecule has 1 heterocycles. The molecule has 3 aromatic rings. The van der Waals surface area contributed by atoms with E-state index in [9.17, 15) is 18.0 Å². The fourth-order valence-electron chi connectivity index (χ4n) is 3.64. The molecule has 1 atom stereocenters. The van der Waals surface area contributed by atoms with Crippen LogP contribution in [0.15, 0.2) is 60.8 Å². The first kappa shape index (κ1) is 24.7. The van der Waals surface area contributed by atoms with Gasteiger partial charge in [-0.25, -0.2) is 0 Å². The largest absolute Gasteiger partial charge is 0.416 e. The third kappa shape index (κ3) is 5.72. The smallest absolute Gasteiger partial charge is 0.323 e. The molecule has 0 radical (unpaired) electrons. The molecule has 0 aliphatic carbocycles. The van der Waals surface area contributed by atoms with Gasteiger partial charge >= 0.3 is 6.18 Å². The molecular formula is C25H27F3N3OP. The summed E-state index contributed by atoms with van der Waals surface area (Å²) < 4.78 is 40.1. The molecule has 0 spiro atoms. The SMILES string of the molecule is CCC(P)(CC)c1ccc(NC(=O)/C=C/c2cnn(C)c2-c2ccc(C(F)(F)F)cc2)cc1. The zero-order valence-electron chi connectivity index (χ0n) is 18.8. The van der Waals surface area contributed by atoms with Crippen molar-refractivity contribution in [2.45, 2.75) is 38.0 Å². The number of amides is 1. The number of aryl methyl sites for hydroxylation is 1. The third-order valence-corrected chi connectivity index (χ3v) is 7.01. The Bertz CT molecular complexity index is 1130. The Kier molecular flexibility index (Phi) is 7.43. The lowest BCUT2D eigenvalue weighted by Gasteiger charge is -2.27. The van der Waals surface area contributed by atoms with Crippen LogP contribution in [0.1, 0.15) is 43.4 Å². The quantitative estimate of drug-likeness (QED) is 0.309. The van der Waals surface area contributed by atoms with Gasteiger partial charge in [-0.05, 0) is 48.7 Å². The molecule has 0 aliphatic heterocycles. The van der Waals surface area contributed by atoms with Crippen molar-refractivity contribution >= 4 is 26.9 Å². The molecule has 33 heavy (non-hydrogen) atoms. The second kappa shape index (κ2) is 9.92. The Balaban J connectivity index is 1.74. The topological polar surface area (TPSA) is 46.9 Å². The van der Waals surface area contributed by atoms with Gasteiger partial charge in [0.1, 0.15) is 0 Å². The molecule has 0 bridgehead atoms. The van der Waals surface area contributed by atoms with E-state index in [4.69, 9.17) is 0 Å². The Morgan fingerprint density at radius 1 is 1.03 bits per heavy atom. The molecule has 0 fully saturated rings. The predicted octanol–water partition coefficient (Wildman–Crippen LogP) is 6.65. The summed E-state index contributed by atoms with van der Waals surface area (Å²) in [4.78, 5) is 12.4. The molecule has 1 unspecified atom stereocenters. The highest BCUT2D eigenvalue weighted by Crippen LogP contribution is 2.38. The fraction of sp³-hybridized carbons (Fsp3) is 0.280. The van der Waals surface area contributed by atoms with Crippen LogP contribution in [0, 0.1) is 0 Å². The molecule has 0 aliphatic rings. The van der Waals surface area contributed by atoms with Gasteiger partial charge in [0.2, 0.25) is 5.91 Å². The van der Waals surface area contributed by atoms with Crippen molar-refractivity contribution in [1.29, 1.82) is 0 Å². The second-order valence-corrected chi connectivity index (χ2v) is 9.02. The number of halogens is 3. The van der Waals surface area contributed by atoms with Crippen LogP contribution in [-0.4, -0.2) is 15.7 Å². The van der Waals surface area contributed by atoms with Crippen LogP contribution in [-0.2, 0) is 23.2 Å². The standard InChI is InChI=1S/C25H27F3N3OP/c1-4-24(33,5-2)19-11-13-21(14-12-19)30-22(32)15-8-18-16-29-31(3)23(18)17-6-9-20(10-7-17)25(26,27)28/h6-16H,4-5,33H2,1-3H3,(H,30,32)/b15-8+. The highest BCUT2D eigenvalue weighted by Gasteiger charge is 2.30. The van der Waals surface area contributed by atoms with Crippen LogP contribution in [0.4, 0.5) is 18.9 Å². The van der Waals surface area contributed by atoms with Crippen molar-refractivity contribution < 1.29 is 18.0 Å². The van der Waals surface area contributed by atoms with Crippen LogP contribution >= 0.6 is 9.24 Å². The van der Waals surface area contributed by atoms with Gasteiger partial charge in [0.25, 0.3) is 0 Å². The molecule has 0 saturated heterocycles. The monoisotopic (exact) mass is 473 g/mol. The zero-order chi connectivity index (χ0) is 24.2. The van der Waals surface area contributed by atoms with Crippen LogP contribution in [0.2, 0.25) is 0 Å². The molecule has 3 rings (SSSR count). The van der Waals surface area contributed by atoms with Crippen LogP contribution < -0.4 is 5.32 Å². The molecule has 8 heteroatoms. The first-order valence-electron chi connectivity index (χ1n) is 10.7. The number of hydrogen-bond acceptors (Lipinski definition) is 2. The highest BCUT2D eigenvalue weighted by molar-refractivity contribution is 7.18. The molecule has 4 nitrogen and oxygen atoms in total. The number of aromatic nitrogens is 2. The van der Waals surface area contributed by atoms with Gasteiger partial charge in [0.05, 0.1) is 17.5 Å². The van der Waals surface area contributed by atoms with E-state index in [1.165, 1.54) is 23.8 Å². The van der Waals surface area contributed by atoms with E-state index < -0.39 is 11.7 Å². The Labute approximate surface area is 194 Å². The molecule has 1 N–H and O–H groups in total. The molecular weight excluding hydrogens is 446 g/mol. The van der Waals surface area contributed by atoms with E-state index in [0.717, 1.165) is 25.0 Å². The zero-order valence-corrected chi connectivity index (χ0v) is 19.9. The van der Waals surface area contributed by atoms with Crippen LogP contribution in [0.25, 0.3) is 17.3 Å². The van der Waals surface area contributed by atoms with E-state index in [1.54, 1.807) is 24.0 Å². The maximum atomic E-state index is 12.9. The Hall–Kier alpha value is -2.92. The summed E-state index contributed by atoms with van der Waals surface area (Å²) in [6.07, 6.45) is 2.15. The molecule has 174 valence electrons. The Morgan fingerprint density at radius 3 is 2.15 bits per heavy atom. The summed E-state index contributed by atoms with van der Waals surface area (Å²) in [5, 5.41) is 7.04. The van der Waals surface area contributed by atoms with Gasteiger partial charge < -0.3 is 5.32 Å². The number of alkyl halides is 3. The maximum Gasteiger partial charge on any atom is 0.416 e. The highest BCUT2D eigenvalue weighted by atomic mass is 31.0. The maximum absolute atomic E-state index is 12.9. The molecule has 0 saturated carbocycles. The first-order chi connectivity index (χ1) is 15.6. The minimum atomic E-state index is -4.39. The van der Waals surface area contributed by atoms with Gasteiger partial charge in [-0.1, -0.05) is 38.1 Å². The normalized spacial score (nSPS) is 12.3. The van der Waals surface area contributed by atoms with Gasteiger partial charge in [0, 0.05) is 35.1 Å². The number of rotatable bonds is 7. The summed E-state index contributed by atoms with van der Waals surface area (Å²) in [6, 6.07) is 12.7. The van der Waals surface area contributed by atoms with Crippen molar-refractivity contribution in [3.63, 3.8) is 0 Å². The fourth-order valence-corrected chi connectivity index (χ4v) is 3.83. The van der Waals surface area contributed by atoms with Crippen molar-refractivity contribution in [2.24, 2.45) is 7.05 Å². The predicted molar refractivity (Wildman–Crippen MR) is 130 cm³/mol. The van der Waals surface area contributed by atoms with E-state index >= 15 is 0 Å². The summed E-state index contributed by atoms with van der Waals surface area (Å²) in [5.41, 5.74) is 2.98. The van der Waals surface area contributed by atoms with Crippen molar-refractivity contribution in [3.8, 4) is 11.3 Å². The minimum Gasteiger partial charge on any atom is -0.323 e. The van der Waals surface area contributed by atoms with Gasteiger partial charge in [-0.2, -0.15) is 18.3 Å². The number of anilines is 1. The second-order valence-electron chi connectivity index (χ2n) is 7.91. The van der Waals surface area contributed by atoms with Crippen LogP contribution in [0.5, 0.6) is 0 Å². The van der Waals surface area contributed by atoms with E-state index in [0.29, 0.717) is 22.5 Å². The third-order valence-electron chi connectivity index (χ3n) is 5.86. The Morgan fingerprint density at radius 2 is 1.61 bits per heavy atom. The minimum absolute atomic E-state index is 0.0253. The number of carbonyl (C=O) groups is 1. The summed E-state index contributed by atoms with van der Waals surface area (Å²) in [7, 11) is 4.62. The van der Waals surface area contributed by atoms with Crippen molar-refractivity contribution in [3.05, 3.63) is 77.5 Å². The lowest BCUT2D eigenvalue weighted by atomic mass is 9.92. The average molecular weight is 473 g/mol. The van der Waals surface area contributed by atoms with Gasteiger partial charge in [-0.3, -0.25) is 9.48 Å². The summed E-state index contributed by atoms with van der Waals surface area (Å²) in [5.74, 6) is -0.312. The number of nitrogens with zero attached hydrogens (tertiary/aromatic N) is 2. The summed E-state index contributed by atoms with van der Waals surface area (Å²) in [6.45, 7) is 4.29. The van der Waals surface area contributed by atoms with E-state index in [1.807, 2.05) is 24.3 Å². The van der Waals surface area contributed by atoms with E-state index in [2.05, 4.69) is 33.5 Å². The lowest BCUT2D eigenvalue weighted by molar-refractivity contribution is -0.137. The number of carbonyl (C=O) groups excluding carboxylic acids is 1. The molecule has 2 aromatic carbocycles. The molecule has 1 aromatic heterocycles. The number of nitrogens with one attached hydrogen (secondary N) is 1. The van der Waals surface area contributed by atoms with Gasteiger partial charge in [-0.15, -0.1) is 9.24 Å². The van der Waals surface area contributed by atoms with Crippen molar-refractivity contribution in [2.75, 3.05) is 5.32 Å². The number of hydrogen-bond donors (Lipinski definition) is 1. The molecule has 1 amide bonds. The van der Waals surface area contributed by atoms with Crippen LogP contribution in [0.3, 0.4) is 0 Å². The van der Waals surface area contributed by atoms with Gasteiger partial charge in [0.15, 0.2) is 0 Å².